The van der Waals surface area contributed by atoms with E-state index in [1.165, 1.54) is 4.90 Å². The standard InChI is InChI=1S/C12H19N3O3/c1-12(2,3)10(17)14-5-4-8(7-14)15-9(16)6-13-11(15)18/h8H,4-7H2,1-3H3,(H,13,18)/t8-/m1/s1. The topological polar surface area (TPSA) is 69.7 Å². The quantitative estimate of drug-likeness (QED) is 0.678. The zero-order valence-corrected chi connectivity index (χ0v) is 11.0. The fourth-order valence-corrected chi connectivity index (χ4v) is 2.42. The molecule has 0 aromatic carbocycles. The first-order valence-corrected chi connectivity index (χ1v) is 6.20. The highest BCUT2D eigenvalue weighted by molar-refractivity contribution is 6.02. The lowest BCUT2D eigenvalue weighted by molar-refractivity contribution is -0.139. The van der Waals surface area contributed by atoms with Gasteiger partial charge in [0.1, 0.15) is 0 Å². The van der Waals surface area contributed by atoms with Crippen LogP contribution in [0.3, 0.4) is 0 Å². The van der Waals surface area contributed by atoms with Crippen molar-refractivity contribution >= 4 is 17.8 Å². The molecule has 0 unspecified atom stereocenters. The number of likely N-dealkylation sites (tertiary alicyclic amines) is 1. The van der Waals surface area contributed by atoms with E-state index in [1.807, 2.05) is 20.8 Å². The van der Waals surface area contributed by atoms with Crippen LogP contribution < -0.4 is 5.32 Å². The molecule has 0 bridgehead atoms. The second-order valence-electron chi connectivity index (χ2n) is 5.87. The average molecular weight is 253 g/mol. The molecule has 0 spiro atoms. The minimum absolute atomic E-state index is 0.0667. The number of nitrogens with one attached hydrogen (secondary N) is 1. The predicted octanol–water partition coefficient (Wildman–Crippen LogP) is 0.185. The van der Waals surface area contributed by atoms with Crippen LogP contribution in [0.15, 0.2) is 0 Å². The van der Waals surface area contributed by atoms with Crippen LogP contribution in [0, 0.1) is 5.41 Å². The van der Waals surface area contributed by atoms with Crippen LogP contribution in [0.5, 0.6) is 0 Å². The lowest BCUT2D eigenvalue weighted by atomic mass is 9.95. The normalized spacial score (nSPS) is 24.7. The Morgan fingerprint density at radius 1 is 1.33 bits per heavy atom. The van der Waals surface area contributed by atoms with Crippen molar-refractivity contribution in [2.45, 2.75) is 33.2 Å². The van der Waals surface area contributed by atoms with E-state index in [4.69, 9.17) is 0 Å². The Morgan fingerprint density at radius 2 is 2.00 bits per heavy atom. The van der Waals surface area contributed by atoms with Crippen molar-refractivity contribution in [3.63, 3.8) is 0 Å². The number of imide groups is 1. The van der Waals surface area contributed by atoms with E-state index >= 15 is 0 Å². The molecule has 6 nitrogen and oxygen atoms in total. The number of nitrogens with zero attached hydrogens (tertiary/aromatic N) is 2. The van der Waals surface area contributed by atoms with E-state index in [0.29, 0.717) is 19.5 Å². The van der Waals surface area contributed by atoms with Crippen LogP contribution in [0.2, 0.25) is 0 Å². The fraction of sp³-hybridized carbons (Fsp3) is 0.750. The summed E-state index contributed by atoms with van der Waals surface area (Å²) in [6.07, 6.45) is 0.668. The van der Waals surface area contributed by atoms with Crippen molar-refractivity contribution in [2.75, 3.05) is 19.6 Å². The molecule has 2 aliphatic heterocycles. The summed E-state index contributed by atoms with van der Waals surface area (Å²) in [5.41, 5.74) is -0.424. The number of urea groups is 1. The molecule has 0 saturated carbocycles. The Kier molecular flexibility index (Phi) is 3.04. The largest absolute Gasteiger partial charge is 0.340 e. The Morgan fingerprint density at radius 3 is 2.50 bits per heavy atom. The summed E-state index contributed by atoms with van der Waals surface area (Å²) in [7, 11) is 0. The summed E-state index contributed by atoms with van der Waals surface area (Å²) in [6.45, 7) is 6.75. The van der Waals surface area contributed by atoms with Crippen molar-refractivity contribution < 1.29 is 14.4 Å². The molecular weight excluding hydrogens is 234 g/mol. The first-order chi connectivity index (χ1) is 8.30. The van der Waals surface area contributed by atoms with Gasteiger partial charge >= 0.3 is 6.03 Å². The number of rotatable bonds is 1. The second kappa shape index (κ2) is 4.26. The third-order valence-corrected chi connectivity index (χ3v) is 3.34. The van der Waals surface area contributed by atoms with Gasteiger partial charge in [0.05, 0.1) is 12.6 Å². The Balaban J connectivity index is 2.03. The van der Waals surface area contributed by atoms with Crippen molar-refractivity contribution in [1.29, 1.82) is 0 Å². The maximum atomic E-state index is 12.1. The fourth-order valence-electron chi connectivity index (χ4n) is 2.42. The van der Waals surface area contributed by atoms with E-state index in [0.717, 1.165) is 0 Å². The molecule has 2 rings (SSSR count). The SMILES string of the molecule is CC(C)(C)C(=O)N1CC[C@@H](N2C(=O)CNC2=O)C1. The number of hydrogen-bond donors (Lipinski definition) is 1. The molecule has 6 heteroatoms. The summed E-state index contributed by atoms with van der Waals surface area (Å²) in [5.74, 6) is -0.132. The lowest BCUT2D eigenvalue weighted by Crippen LogP contribution is -2.44. The van der Waals surface area contributed by atoms with Crippen molar-refractivity contribution in [3.8, 4) is 0 Å². The van der Waals surface area contributed by atoms with Crippen LogP contribution in [-0.4, -0.2) is 53.3 Å². The molecule has 2 saturated heterocycles. The van der Waals surface area contributed by atoms with Crippen LogP contribution in [0.4, 0.5) is 4.79 Å². The maximum absolute atomic E-state index is 12.1. The minimum atomic E-state index is -0.424. The molecule has 1 N–H and O–H groups in total. The lowest BCUT2D eigenvalue weighted by Gasteiger charge is -2.26. The minimum Gasteiger partial charge on any atom is -0.340 e. The highest BCUT2D eigenvalue weighted by atomic mass is 16.2. The Hall–Kier alpha value is -1.59. The molecule has 2 aliphatic rings. The van der Waals surface area contributed by atoms with Gasteiger partial charge in [-0.1, -0.05) is 20.8 Å². The molecule has 0 radical (unpaired) electrons. The van der Waals surface area contributed by atoms with Crippen LogP contribution in [0.1, 0.15) is 27.2 Å². The van der Waals surface area contributed by atoms with Gasteiger partial charge < -0.3 is 10.2 Å². The van der Waals surface area contributed by atoms with Crippen molar-refractivity contribution in [3.05, 3.63) is 0 Å². The van der Waals surface area contributed by atoms with E-state index in [-0.39, 0.29) is 30.4 Å². The van der Waals surface area contributed by atoms with Gasteiger partial charge in [0.15, 0.2) is 0 Å². The zero-order valence-electron chi connectivity index (χ0n) is 11.0. The second-order valence-corrected chi connectivity index (χ2v) is 5.87. The summed E-state index contributed by atoms with van der Waals surface area (Å²) in [6, 6.07) is -0.513. The van der Waals surface area contributed by atoms with E-state index in [2.05, 4.69) is 5.32 Å². The van der Waals surface area contributed by atoms with E-state index in [1.54, 1.807) is 4.90 Å². The molecule has 100 valence electrons. The Bertz CT molecular complexity index is 384. The van der Waals surface area contributed by atoms with Gasteiger partial charge in [-0.25, -0.2) is 4.79 Å². The van der Waals surface area contributed by atoms with Crippen molar-refractivity contribution in [2.24, 2.45) is 5.41 Å². The molecule has 4 amide bonds. The highest BCUT2D eigenvalue weighted by Crippen LogP contribution is 2.24. The van der Waals surface area contributed by atoms with Gasteiger partial charge in [-0.15, -0.1) is 0 Å². The summed E-state index contributed by atoms with van der Waals surface area (Å²) in [4.78, 5) is 38.2. The zero-order chi connectivity index (χ0) is 13.5. The number of carbonyl (C=O) groups is 3. The smallest absolute Gasteiger partial charge is 0.324 e. The molecule has 2 fully saturated rings. The molecule has 2 heterocycles. The summed E-state index contributed by atoms with van der Waals surface area (Å²) >= 11 is 0. The molecule has 0 aromatic heterocycles. The first-order valence-electron chi connectivity index (χ1n) is 6.20. The van der Waals surface area contributed by atoms with Gasteiger partial charge in [-0.3, -0.25) is 14.5 Å². The monoisotopic (exact) mass is 253 g/mol. The van der Waals surface area contributed by atoms with Crippen LogP contribution in [0.25, 0.3) is 0 Å². The Labute approximate surface area is 106 Å². The number of amides is 4. The molecule has 0 aromatic rings. The van der Waals surface area contributed by atoms with Crippen molar-refractivity contribution in [1.82, 2.24) is 15.1 Å². The first kappa shape index (κ1) is 12.9. The average Bonchev–Trinajstić information content (AvgIpc) is 2.83. The molecule has 1 atom stereocenters. The number of carbonyl (C=O) groups excluding carboxylic acids is 3. The molecule has 18 heavy (non-hydrogen) atoms. The summed E-state index contributed by atoms with van der Waals surface area (Å²) < 4.78 is 0. The predicted molar refractivity (Wildman–Crippen MR) is 64.7 cm³/mol. The summed E-state index contributed by atoms with van der Waals surface area (Å²) in [5, 5.41) is 2.50. The van der Waals surface area contributed by atoms with Gasteiger partial charge in [0, 0.05) is 18.5 Å². The maximum Gasteiger partial charge on any atom is 0.324 e. The highest BCUT2D eigenvalue weighted by Gasteiger charge is 2.41. The third kappa shape index (κ3) is 2.19. The van der Waals surface area contributed by atoms with Crippen LogP contribution in [-0.2, 0) is 9.59 Å². The van der Waals surface area contributed by atoms with Crippen LogP contribution >= 0.6 is 0 Å². The van der Waals surface area contributed by atoms with Gasteiger partial charge in [-0.05, 0) is 6.42 Å². The van der Waals surface area contributed by atoms with E-state index < -0.39 is 5.41 Å². The molecular formula is C12H19N3O3. The number of hydrogen-bond acceptors (Lipinski definition) is 3. The van der Waals surface area contributed by atoms with Gasteiger partial charge in [-0.2, -0.15) is 0 Å². The third-order valence-electron chi connectivity index (χ3n) is 3.34. The van der Waals surface area contributed by atoms with Gasteiger partial charge in [0.2, 0.25) is 11.8 Å². The van der Waals surface area contributed by atoms with Gasteiger partial charge in [0.25, 0.3) is 0 Å². The van der Waals surface area contributed by atoms with E-state index in [9.17, 15) is 14.4 Å². The molecule has 0 aliphatic carbocycles.